The van der Waals surface area contributed by atoms with Crippen LogP contribution < -0.4 is 0 Å². The average Bonchev–Trinajstić information content (AvgIpc) is 2.41. The van der Waals surface area contributed by atoms with Gasteiger partial charge in [0.2, 0.25) is 0 Å². The Kier molecular flexibility index (Phi) is 5.59. The third-order valence-corrected chi connectivity index (χ3v) is 4.85. The van der Waals surface area contributed by atoms with Crippen LogP contribution in [-0.4, -0.2) is 5.88 Å². The second kappa shape index (κ2) is 6.98. The van der Waals surface area contributed by atoms with Crippen LogP contribution in [0.25, 0.3) is 6.08 Å². The summed E-state index contributed by atoms with van der Waals surface area (Å²) in [6.07, 6.45) is 8.78. The molecule has 1 fully saturated rings. The topological polar surface area (TPSA) is 0 Å². The summed E-state index contributed by atoms with van der Waals surface area (Å²) in [6, 6.07) is 5.87. The van der Waals surface area contributed by atoms with Gasteiger partial charge in [0, 0.05) is 15.4 Å². The zero-order chi connectivity index (χ0) is 13.0. The molecule has 0 radical (unpaired) electrons. The van der Waals surface area contributed by atoms with Gasteiger partial charge in [0.1, 0.15) is 0 Å². The molecule has 1 aliphatic rings. The predicted molar refractivity (Wildman–Crippen MR) is 84.4 cm³/mol. The minimum atomic E-state index is 0.615. The molecule has 18 heavy (non-hydrogen) atoms. The Morgan fingerprint density at radius 1 is 1.28 bits per heavy atom. The van der Waals surface area contributed by atoms with Crippen LogP contribution >= 0.6 is 39.1 Å². The van der Waals surface area contributed by atoms with Crippen molar-refractivity contribution >= 4 is 45.2 Å². The van der Waals surface area contributed by atoms with E-state index in [9.17, 15) is 0 Å². The van der Waals surface area contributed by atoms with Gasteiger partial charge in [0.15, 0.2) is 0 Å². The van der Waals surface area contributed by atoms with E-state index in [0.717, 1.165) is 15.1 Å². The van der Waals surface area contributed by atoms with Gasteiger partial charge >= 0.3 is 0 Å². The van der Waals surface area contributed by atoms with Gasteiger partial charge < -0.3 is 0 Å². The van der Waals surface area contributed by atoms with Gasteiger partial charge in [-0.05, 0) is 42.5 Å². The van der Waals surface area contributed by atoms with Crippen LogP contribution in [-0.2, 0) is 0 Å². The number of alkyl halides is 1. The van der Waals surface area contributed by atoms with Crippen LogP contribution in [0.15, 0.2) is 28.2 Å². The molecule has 3 heteroatoms. The smallest absolute Gasteiger partial charge is 0.0439 e. The van der Waals surface area contributed by atoms with Gasteiger partial charge in [-0.2, -0.15) is 0 Å². The lowest BCUT2D eigenvalue weighted by molar-refractivity contribution is 0.405. The highest BCUT2D eigenvalue weighted by molar-refractivity contribution is 9.10. The highest BCUT2D eigenvalue weighted by Crippen LogP contribution is 2.33. The molecule has 0 heterocycles. The zero-order valence-electron chi connectivity index (χ0n) is 10.3. The monoisotopic (exact) mass is 346 g/mol. The van der Waals surface area contributed by atoms with Crippen molar-refractivity contribution in [3.8, 4) is 0 Å². The SMILES string of the molecule is ClCC(=Cc1cc(Cl)ccc1Br)C1CCCCC1. The molecule has 0 amide bonds. The van der Waals surface area contributed by atoms with Crippen molar-refractivity contribution in [3.05, 3.63) is 38.8 Å². The second-order valence-corrected chi connectivity index (χ2v) is 6.41. The Bertz CT molecular complexity index is 434. The van der Waals surface area contributed by atoms with Crippen molar-refractivity contribution in [2.45, 2.75) is 32.1 Å². The fourth-order valence-electron chi connectivity index (χ4n) is 2.56. The number of hydrogen-bond acceptors (Lipinski definition) is 0. The molecule has 0 nitrogen and oxygen atoms in total. The summed E-state index contributed by atoms with van der Waals surface area (Å²) in [5.74, 6) is 1.27. The van der Waals surface area contributed by atoms with E-state index >= 15 is 0 Å². The zero-order valence-corrected chi connectivity index (χ0v) is 13.4. The van der Waals surface area contributed by atoms with Gasteiger partial charge in [0.05, 0.1) is 0 Å². The molecular weight excluding hydrogens is 331 g/mol. The lowest BCUT2D eigenvalue weighted by atomic mass is 9.84. The van der Waals surface area contributed by atoms with E-state index in [1.54, 1.807) is 0 Å². The largest absolute Gasteiger partial charge is 0.122 e. The summed E-state index contributed by atoms with van der Waals surface area (Å²) >= 11 is 15.7. The van der Waals surface area contributed by atoms with E-state index in [1.165, 1.54) is 37.7 Å². The van der Waals surface area contributed by atoms with Gasteiger partial charge in [-0.25, -0.2) is 0 Å². The number of benzene rings is 1. The Balaban J connectivity index is 2.24. The Hall–Kier alpha value is 0.0200. The normalized spacial score (nSPS) is 18.1. The van der Waals surface area contributed by atoms with E-state index in [0.29, 0.717) is 11.8 Å². The Morgan fingerprint density at radius 3 is 2.67 bits per heavy atom. The molecule has 1 saturated carbocycles. The molecule has 0 spiro atoms. The molecule has 0 aliphatic heterocycles. The van der Waals surface area contributed by atoms with Crippen LogP contribution in [0.2, 0.25) is 5.02 Å². The highest BCUT2D eigenvalue weighted by Gasteiger charge is 2.17. The van der Waals surface area contributed by atoms with E-state index in [1.807, 2.05) is 18.2 Å². The summed E-state index contributed by atoms with van der Waals surface area (Å²) in [5.41, 5.74) is 2.48. The van der Waals surface area contributed by atoms with Crippen molar-refractivity contribution in [2.75, 3.05) is 5.88 Å². The van der Waals surface area contributed by atoms with Crippen LogP contribution in [0.1, 0.15) is 37.7 Å². The van der Waals surface area contributed by atoms with E-state index in [4.69, 9.17) is 23.2 Å². The fraction of sp³-hybridized carbons (Fsp3) is 0.467. The van der Waals surface area contributed by atoms with E-state index in [-0.39, 0.29) is 0 Å². The molecule has 0 saturated heterocycles. The average molecular weight is 348 g/mol. The maximum atomic E-state index is 6.13. The molecule has 0 bridgehead atoms. The quantitative estimate of drug-likeness (QED) is 0.562. The highest BCUT2D eigenvalue weighted by atomic mass is 79.9. The van der Waals surface area contributed by atoms with Crippen LogP contribution in [0.5, 0.6) is 0 Å². The summed E-state index contributed by atoms with van der Waals surface area (Å²) in [4.78, 5) is 0. The molecule has 0 N–H and O–H groups in total. The fourth-order valence-corrected chi connectivity index (χ4v) is 3.40. The van der Waals surface area contributed by atoms with Gasteiger partial charge in [-0.15, -0.1) is 11.6 Å². The number of rotatable bonds is 3. The number of hydrogen-bond donors (Lipinski definition) is 0. The van der Waals surface area contributed by atoms with Crippen molar-refractivity contribution in [1.29, 1.82) is 0 Å². The lowest BCUT2D eigenvalue weighted by Gasteiger charge is -2.23. The molecule has 2 rings (SSSR count). The molecule has 1 aromatic rings. The third kappa shape index (κ3) is 3.76. The summed E-state index contributed by atoms with van der Waals surface area (Å²) < 4.78 is 1.07. The molecule has 1 aliphatic carbocycles. The van der Waals surface area contributed by atoms with Crippen molar-refractivity contribution in [2.24, 2.45) is 5.92 Å². The summed E-state index contributed by atoms with van der Waals surface area (Å²) in [7, 11) is 0. The van der Waals surface area contributed by atoms with E-state index < -0.39 is 0 Å². The molecular formula is C15H17BrCl2. The molecule has 0 atom stereocenters. The lowest BCUT2D eigenvalue weighted by Crippen LogP contribution is -2.10. The van der Waals surface area contributed by atoms with Crippen LogP contribution in [0.3, 0.4) is 0 Å². The molecule has 98 valence electrons. The number of halogens is 3. The molecule has 1 aromatic carbocycles. The minimum Gasteiger partial charge on any atom is -0.122 e. The third-order valence-electron chi connectivity index (χ3n) is 3.58. The molecule has 0 unspecified atom stereocenters. The van der Waals surface area contributed by atoms with Crippen molar-refractivity contribution < 1.29 is 0 Å². The van der Waals surface area contributed by atoms with Crippen LogP contribution in [0.4, 0.5) is 0 Å². The summed E-state index contributed by atoms with van der Waals surface area (Å²) in [5, 5.41) is 0.766. The van der Waals surface area contributed by atoms with Gasteiger partial charge in [0.25, 0.3) is 0 Å². The standard InChI is InChI=1S/C15H17BrCl2/c16-15-7-6-14(18)9-12(15)8-13(10-17)11-4-2-1-3-5-11/h6-9,11H,1-5,10H2. The first-order chi connectivity index (χ1) is 8.70. The van der Waals surface area contributed by atoms with E-state index in [2.05, 4.69) is 22.0 Å². The maximum absolute atomic E-state index is 6.13. The predicted octanol–water partition coefficient (Wildman–Crippen LogP) is 6.31. The van der Waals surface area contributed by atoms with Gasteiger partial charge in [-0.1, -0.05) is 58.4 Å². The van der Waals surface area contributed by atoms with Crippen molar-refractivity contribution in [3.63, 3.8) is 0 Å². The Morgan fingerprint density at radius 2 is 2.00 bits per heavy atom. The first-order valence-electron chi connectivity index (χ1n) is 6.42. The van der Waals surface area contributed by atoms with Crippen molar-refractivity contribution in [1.82, 2.24) is 0 Å². The Labute approximate surface area is 127 Å². The second-order valence-electron chi connectivity index (χ2n) is 4.85. The van der Waals surface area contributed by atoms with Gasteiger partial charge in [-0.3, -0.25) is 0 Å². The first-order valence-corrected chi connectivity index (χ1v) is 8.12. The molecule has 0 aromatic heterocycles. The van der Waals surface area contributed by atoms with Crippen LogP contribution in [0, 0.1) is 5.92 Å². The first kappa shape index (κ1) is 14.4. The maximum Gasteiger partial charge on any atom is 0.0439 e. The minimum absolute atomic E-state index is 0.615. The number of allylic oxidation sites excluding steroid dienone is 1. The summed E-state index contributed by atoms with van der Waals surface area (Å²) in [6.45, 7) is 0.